The van der Waals surface area contributed by atoms with Crippen LogP contribution in [-0.4, -0.2) is 22.6 Å². The van der Waals surface area contributed by atoms with Gasteiger partial charge in [0.05, 0.1) is 6.10 Å². The number of anilines is 1. The lowest BCUT2D eigenvalue weighted by Crippen LogP contribution is -2.02. The minimum atomic E-state index is 0.430. The van der Waals surface area contributed by atoms with Gasteiger partial charge in [-0.3, -0.25) is 4.98 Å². The zero-order valence-electron chi connectivity index (χ0n) is 11.0. The molecule has 2 aromatic rings. The van der Waals surface area contributed by atoms with Crippen molar-refractivity contribution in [2.45, 2.75) is 25.9 Å². The summed E-state index contributed by atoms with van der Waals surface area (Å²) in [7, 11) is 0. The van der Waals surface area contributed by atoms with Crippen LogP contribution in [0.15, 0.2) is 36.7 Å². The fraction of sp³-hybridized carbons (Fsp3) is 0.333. The van der Waals surface area contributed by atoms with E-state index in [1.165, 1.54) is 12.8 Å². The van der Waals surface area contributed by atoms with E-state index in [-0.39, 0.29) is 0 Å². The molecule has 0 bridgehead atoms. The van der Waals surface area contributed by atoms with Crippen LogP contribution in [0, 0.1) is 0 Å². The zero-order chi connectivity index (χ0) is 13.1. The predicted molar refractivity (Wildman–Crippen MR) is 75.3 cm³/mol. The van der Waals surface area contributed by atoms with Crippen LogP contribution in [0.2, 0.25) is 0 Å². The maximum atomic E-state index is 5.74. The van der Waals surface area contributed by atoms with Crippen molar-refractivity contribution in [1.29, 1.82) is 0 Å². The lowest BCUT2D eigenvalue weighted by Gasteiger charge is -2.09. The maximum Gasteiger partial charge on any atom is 0.152 e. The van der Waals surface area contributed by atoms with Crippen LogP contribution in [0.5, 0.6) is 5.75 Å². The largest absolute Gasteiger partial charge is 0.490 e. The molecule has 4 heteroatoms. The number of aromatic nitrogens is 2. The van der Waals surface area contributed by atoms with Crippen molar-refractivity contribution in [2.75, 3.05) is 11.9 Å². The summed E-state index contributed by atoms with van der Waals surface area (Å²) >= 11 is 0. The minimum absolute atomic E-state index is 0.430. The van der Waals surface area contributed by atoms with E-state index in [1.54, 1.807) is 12.4 Å². The lowest BCUT2D eigenvalue weighted by molar-refractivity contribution is 0.303. The first-order valence-electron chi connectivity index (χ1n) is 6.69. The summed E-state index contributed by atoms with van der Waals surface area (Å²) < 4.78 is 5.74. The molecule has 1 aliphatic rings. The summed E-state index contributed by atoms with van der Waals surface area (Å²) in [4.78, 5) is 8.73. The summed E-state index contributed by atoms with van der Waals surface area (Å²) in [5.74, 6) is 1.75. The molecule has 1 N–H and O–H groups in total. The van der Waals surface area contributed by atoms with Crippen LogP contribution in [0.25, 0.3) is 11.3 Å². The van der Waals surface area contributed by atoms with Gasteiger partial charge in [-0.1, -0.05) is 0 Å². The van der Waals surface area contributed by atoms with E-state index in [0.717, 1.165) is 29.4 Å². The fourth-order valence-electron chi connectivity index (χ4n) is 1.92. The van der Waals surface area contributed by atoms with Gasteiger partial charge < -0.3 is 10.1 Å². The SMILES string of the molecule is CCNc1nccnc1-c1ccc(OC2CC2)cc1. The van der Waals surface area contributed by atoms with Gasteiger partial charge in [-0.25, -0.2) is 4.98 Å². The molecule has 0 aliphatic heterocycles. The number of nitrogens with zero attached hydrogens (tertiary/aromatic N) is 2. The summed E-state index contributed by atoms with van der Waals surface area (Å²) in [5, 5.41) is 3.23. The van der Waals surface area contributed by atoms with Crippen molar-refractivity contribution in [2.24, 2.45) is 0 Å². The molecule has 0 saturated heterocycles. The maximum absolute atomic E-state index is 5.74. The average molecular weight is 255 g/mol. The van der Waals surface area contributed by atoms with Gasteiger partial charge in [-0.05, 0) is 44.0 Å². The quantitative estimate of drug-likeness (QED) is 0.891. The van der Waals surface area contributed by atoms with Gasteiger partial charge in [0, 0.05) is 24.5 Å². The normalized spacial score (nSPS) is 14.2. The molecule has 0 unspecified atom stereocenters. The summed E-state index contributed by atoms with van der Waals surface area (Å²) in [6.45, 7) is 2.87. The molecule has 0 spiro atoms. The van der Waals surface area contributed by atoms with Crippen LogP contribution in [0.3, 0.4) is 0 Å². The molecule has 4 nitrogen and oxygen atoms in total. The van der Waals surface area contributed by atoms with Crippen molar-refractivity contribution in [1.82, 2.24) is 9.97 Å². The lowest BCUT2D eigenvalue weighted by atomic mass is 10.1. The van der Waals surface area contributed by atoms with E-state index in [1.807, 2.05) is 31.2 Å². The van der Waals surface area contributed by atoms with E-state index in [2.05, 4.69) is 15.3 Å². The average Bonchev–Trinajstić information content (AvgIpc) is 3.25. The number of hydrogen-bond acceptors (Lipinski definition) is 4. The second kappa shape index (κ2) is 5.26. The van der Waals surface area contributed by atoms with Crippen LogP contribution < -0.4 is 10.1 Å². The second-order valence-electron chi connectivity index (χ2n) is 4.63. The Morgan fingerprint density at radius 1 is 1.16 bits per heavy atom. The number of rotatable bonds is 5. The van der Waals surface area contributed by atoms with E-state index in [4.69, 9.17) is 4.74 Å². The molecule has 98 valence electrons. The summed E-state index contributed by atoms with van der Waals surface area (Å²) in [6.07, 6.45) is 6.20. The number of nitrogens with one attached hydrogen (secondary N) is 1. The Balaban J connectivity index is 1.84. The number of ether oxygens (including phenoxy) is 1. The van der Waals surface area contributed by atoms with E-state index in [0.29, 0.717) is 6.10 Å². The molecular weight excluding hydrogens is 238 g/mol. The Morgan fingerprint density at radius 3 is 2.58 bits per heavy atom. The van der Waals surface area contributed by atoms with Crippen molar-refractivity contribution in [3.8, 4) is 17.0 Å². The number of benzene rings is 1. The Bertz CT molecular complexity index is 550. The highest BCUT2D eigenvalue weighted by atomic mass is 16.5. The Kier molecular flexibility index (Phi) is 3.31. The molecule has 3 rings (SSSR count). The van der Waals surface area contributed by atoms with E-state index < -0.39 is 0 Å². The molecule has 0 radical (unpaired) electrons. The Hall–Kier alpha value is -2.10. The fourth-order valence-corrected chi connectivity index (χ4v) is 1.92. The van der Waals surface area contributed by atoms with Crippen LogP contribution in [0.1, 0.15) is 19.8 Å². The Labute approximate surface area is 112 Å². The molecule has 1 aromatic carbocycles. The summed E-state index contributed by atoms with van der Waals surface area (Å²) in [6, 6.07) is 8.06. The summed E-state index contributed by atoms with van der Waals surface area (Å²) in [5.41, 5.74) is 1.93. The van der Waals surface area contributed by atoms with Crippen molar-refractivity contribution < 1.29 is 4.74 Å². The monoisotopic (exact) mass is 255 g/mol. The third kappa shape index (κ3) is 2.84. The third-order valence-corrected chi connectivity index (χ3v) is 3.00. The van der Waals surface area contributed by atoms with Gasteiger partial charge in [0.15, 0.2) is 5.82 Å². The first kappa shape index (κ1) is 12.0. The topological polar surface area (TPSA) is 47.0 Å². The predicted octanol–water partition coefficient (Wildman–Crippen LogP) is 3.12. The highest BCUT2D eigenvalue weighted by Crippen LogP contribution is 2.29. The standard InChI is InChI=1S/C15H17N3O/c1-2-16-15-14(17-9-10-18-15)11-3-5-12(6-4-11)19-13-7-8-13/h3-6,9-10,13H,2,7-8H2,1H3,(H,16,18). The Morgan fingerprint density at radius 2 is 1.89 bits per heavy atom. The van der Waals surface area contributed by atoms with E-state index >= 15 is 0 Å². The zero-order valence-corrected chi connectivity index (χ0v) is 11.0. The van der Waals surface area contributed by atoms with Gasteiger partial charge in [0.1, 0.15) is 11.4 Å². The first-order chi connectivity index (χ1) is 9.36. The van der Waals surface area contributed by atoms with Gasteiger partial charge in [0.25, 0.3) is 0 Å². The van der Waals surface area contributed by atoms with Crippen molar-refractivity contribution >= 4 is 5.82 Å². The molecule has 19 heavy (non-hydrogen) atoms. The molecule has 1 aliphatic carbocycles. The van der Waals surface area contributed by atoms with Crippen molar-refractivity contribution in [3.63, 3.8) is 0 Å². The molecule has 1 fully saturated rings. The molecule has 1 aromatic heterocycles. The molecule has 0 amide bonds. The highest BCUT2D eigenvalue weighted by molar-refractivity contribution is 5.71. The van der Waals surface area contributed by atoms with Crippen LogP contribution in [-0.2, 0) is 0 Å². The smallest absolute Gasteiger partial charge is 0.152 e. The highest BCUT2D eigenvalue weighted by Gasteiger charge is 2.23. The molecular formula is C15H17N3O. The van der Waals surface area contributed by atoms with Crippen molar-refractivity contribution in [3.05, 3.63) is 36.7 Å². The molecule has 1 saturated carbocycles. The van der Waals surface area contributed by atoms with Gasteiger partial charge in [-0.2, -0.15) is 0 Å². The molecule has 0 atom stereocenters. The van der Waals surface area contributed by atoms with Gasteiger partial charge in [0.2, 0.25) is 0 Å². The number of hydrogen-bond donors (Lipinski definition) is 1. The van der Waals surface area contributed by atoms with Crippen LogP contribution >= 0.6 is 0 Å². The van der Waals surface area contributed by atoms with Gasteiger partial charge in [-0.15, -0.1) is 0 Å². The van der Waals surface area contributed by atoms with Gasteiger partial charge >= 0.3 is 0 Å². The second-order valence-corrected chi connectivity index (χ2v) is 4.63. The van der Waals surface area contributed by atoms with E-state index in [9.17, 15) is 0 Å². The van der Waals surface area contributed by atoms with Crippen LogP contribution in [0.4, 0.5) is 5.82 Å². The molecule has 1 heterocycles. The minimum Gasteiger partial charge on any atom is -0.490 e. The first-order valence-corrected chi connectivity index (χ1v) is 6.69. The third-order valence-electron chi connectivity index (χ3n) is 3.00.